The maximum absolute atomic E-state index is 11.5. The molecule has 0 spiro atoms. The summed E-state index contributed by atoms with van der Waals surface area (Å²) in [6.45, 7) is -0.374. The molecule has 0 aromatic carbocycles. The summed E-state index contributed by atoms with van der Waals surface area (Å²) in [5.41, 5.74) is -0.383. The molecule has 0 aliphatic carbocycles. The maximum Gasteiger partial charge on any atom is 0.323 e. The second-order valence-electron chi connectivity index (χ2n) is 2.38. The van der Waals surface area contributed by atoms with Crippen LogP contribution < -0.4 is 5.56 Å². The smallest absolute Gasteiger partial charge is 0.323 e. The molecule has 0 saturated carbocycles. The molecule has 0 amide bonds. The van der Waals surface area contributed by atoms with Gasteiger partial charge < -0.3 is 5.11 Å². The highest BCUT2D eigenvalue weighted by molar-refractivity contribution is 9.10. The average Bonchev–Trinajstić information content (AvgIpc) is 2.13. The largest absolute Gasteiger partial charge is 0.480 e. The van der Waals surface area contributed by atoms with Crippen molar-refractivity contribution in [1.82, 2.24) is 9.55 Å². The zero-order valence-electron chi connectivity index (χ0n) is 7.23. The van der Waals surface area contributed by atoms with Crippen LogP contribution in [0.2, 0.25) is 0 Å². The number of hydrogen-bond donors (Lipinski definition) is 1. The van der Waals surface area contributed by atoms with E-state index in [0.717, 1.165) is 4.57 Å². The summed E-state index contributed by atoms with van der Waals surface area (Å²) in [6.07, 6.45) is 3.10. The van der Waals surface area contributed by atoms with E-state index in [2.05, 4.69) is 20.9 Å². The van der Waals surface area contributed by atoms with Crippen molar-refractivity contribution in [3.05, 3.63) is 21.0 Å². The first-order chi connectivity index (χ1) is 6.56. The lowest BCUT2D eigenvalue weighted by Crippen LogP contribution is -2.26. The minimum atomic E-state index is -1.07. The molecule has 0 radical (unpaired) electrons. The number of nitrogens with zero attached hydrogens (tertiary/aromatic N) is 2. The number of rotatable bonds is 3. The molecule has 7 heteroatoms. The van der Waals surface area contributed by atoms with Gasteiger partial charge >= 0.3 is 5.97 Å². The van der Waals surface area contributed by atoms with E-state index >= 15 is 0 Å². The van der Waals surface area contributed by atoms with Gasteiger partial charge in [-0.15, -0.1) is 0 Å². The zero-order chi connectivity index (χ0) is 10.7. The number of carboxylic acid groups (broad SMARTS) is 1. The Morgan fingerprint density at radius 2 is 2.43 bits per heavy atom. The highest BCUT2D eigenvalue weighted by Gasteiger charge is 2.10. The van der Waals surface area contributed by atoms with Crippen LogP contribution in [0.25, 0.3) is 0 Å². The number of aliphatic carboxylic acids is 1. The molecular weight excluding hydrogens is 272 g/mol. The van der Waals surface area contributed by atoms with Gasteiger partial charge in [0.05, 0.1) is 0 Å². The fraction of sp³-hybridized carbons (Fsp3) is 0.286. The lowest BCUT2D eigenvalue weighted by Gasteiger charge is -2.06. The standard InChI is InChI=1S/C7H7BrN2O3S/c1-14-7-9-2-4(8)6(13)10(7)3-5(11)12/h2H,3H2,1H3,(H,11,12). The summed E-state index contributed by atoms with van der Waals surface area (Å²) in [7, 11) is 0. The van der Waals surface area contributed by atoms with Crippen molar-refractivity contribution >= 4 is 33.7 Å². The number of aromatic nitrogens is 2. The summed E-state index contributed by atoms with van der Waals surface area (Å²) in [5, 5.41) is 8.98. The van der Waals surface area contributed by atoms with Gasteiger partial charge in [-0.3, -0.25) is 14.2 Å². The van der Waals surface area contributed by atoms with Crippen molar-refractivity contribution in [2.24, 2.45) is 0 Å². The Bertz CT molecular complexity index is 418. The number of carboxylic acids is 1. The van der Waals surface area contributed by atoms with E-state index in [1.165, 1.54) is 18.0 Å². The number of hydrogen-bond acceptors (Lipinski definition) is 4. The lowest BCUT2D eigenvalue weighted by molar-refractivity contribution is -0.137. The second-order valence-corrected chi connectivity index (χ2v) is 4.01. The van der Waals surface area contributed by atoms with Gasteiger partial charge in [0.1, 0.15) is 11.0 Å². The molecular formula is C7H7BrN2O3S. The second kappa shape index (κ2) is 4.61. The van der Waals surface area contributed by atoms with E-state index in [-0.39, 0.29) is 16.6 Å². The van der Waals surface area contributed by atoms with E-state index in [9.17, 15) is 9.59 Å². The predicted octanol–water partition coefficient (Wildman–Crippen LogP) is 0.812. The highest BCUT2D eigenvalue weighted by Crippen LogP contribution is 2.11. The predicted molar refractivity (Wildman–Crippen MR) is 55.6 cm³/mol. The van der Waals surface area contributed by atoms with Crippen LogP contribution in [-0.2, 0) is 11.3 Å². The summed E-state index contributed by atoms with van der Waals surface area (Å²) >= 11 is 4.23. The molecule has 0 bridgehead atoms. The van der Waals surface area contributed by atoms with Crippen LogP contribution in [0, 0.1) is 0 Å². The van der Waals surface area contributed by atoms with Crippen LogP contribution in [-0.4, -0.2) is 26.9 Å². The summed E-state index contributed by atoms with van der Waals surface area (Å²) in [6, 6.07) is 0. The zero-order valence-corrected chi connectivity index (χ0v) is 9.63. The van der Waals surface area contributed by atoms with E-state index in [4.69, 9.17) is 5.11 Å². The number of thioether (sulfide) groups is 1. The van der Waals surface area contributed by atoms with E-state index in [1.54, 1.807) is 6.26 Å². The Balaban J connectivity index is 3.28. The molecule has 14 heavy (non-hydrogen) atoms. The molecule has 0 aliphatic rings. The molecule has 76 valence electrons. The van der Waals surface area contributed by atoms with Crippen molar-refractivity contribution in [3.63, 3.8) is 0 Å². The minimum Gasteiger partial charge on any atom is -0.480 e. The van der Waals surface area contributed by atoms with Crippen molar-refractivity contribution in [2.75, 3.05) is 6.26 Å². The Morgan fingerprint density at radius 3 is 2.93 bits per heavy atom. The van der Waals surface area contributed by atoms with E-state index in [0.29, 0.717) is 5.16 Å². The lowest BCUT2D eigenvalue weighted by atomic mass is 10.6. The van der Waals surface area contributed by atoms with E-state index < -0.39 is 5.97 Å². The third-order valence-electron chi connectivity index (χ3n) is 1.44. The average molecular weight is 279 g/mol. The Labute approximate surface area is 92.3 Å². The maximum atomic E-state index is 11.5. The van der Waals surface area contributed by atoms with Crippen LogP contribution in [0.15, 0.2) is 20.6 Å². The van der Waals surface area contributed by atoms with Crippen LogP contribution in [0.5, 0.6) is 0 Å². The van der Waals surface area contributed by atoms with Crippen molar-refractivity contribution in [3.8, 4) is 0 Å². The molecule has 0 unspecified atom stereocenters. The minimum absolute atomic E-state index is 0.261. The first kappa shape index (κ1) is 11.3. The molecule has 1 aromatic heterocycles. The highest BCUT2D eigenvalue weighted by atomic mass is 79.9. The summed E-state index contributed by atoms with van der Waals surface area (Å²) in [4.78, 5) is 25.9. The normalized spacial score (nSPS) is 10.1. The molecule has 0 aliphatic heterocycles. The van der Waals surface area contributed by atoms with Crippen molar-refractivity contribution in [2.45, 2.75) is 11.7 Å². The van der Waals surface area contributed by atoms with Gasteiger partial charge in [-0.1, -0.05) is 11.8 Å². The van der Waals surface area contributed by atoms with Crippen LogP contribution in [0.1, 0.15) is 0 Å². The fourth-order valence-corrected chi connectivity index (χ4v) is 1.73. The number of halogens is 1. The summed E-state index contributed by atoms with van der Waals surface area (Å²) in [5.74, 6) is -1.07. The molecule has 1 N–H and O–H groups in total. The van der Waals surface area contributed by atoms with Crippen molar-refractivity contribution in [1.29, 1.82) is 0 Å². The van der Waals surface area contributed by atoms with Gasteiger partial charge in [0, 0.05) is 6.20 Å². The quantitative estimate of drug-likeness (QED) is 0.655. The van der Waals surface area contributed by atoms with Crippen LogP contribution >= 0.6 is 27.7 Å². The van der Waals surface area contributed by atoms with Gasteiger partial charge in [0.15, 0.2) is 5.16 Å². The molecule has 0 fully saturated rings. The van der Waals surface area contributed by atoms with Gasteiger partial charge in [-0.25, -0.2) is 4.98 Å². The van der Waals surface area contributed by atoms with Gasteiger partial charge in [-0.05, 0) is 22.2 Å². The Morgan fingerprint density at radius 1 is 1.79 bits per heavy atom. The molecule has 1 heterocycles. The third-order valence-corrected chi connectivity index (χ3v) is 2.68. The molecule has 1 aromatic rings. The number of carbonyl (C=O) groups is 1. The Hall–Kier alpha value is -0.820. The third kappa shape index (κ3) is 2.36. The Kier molecular flexibility index (Phi) is 3.70. The van der Waals surface area contributed by atoms with E-state index in [1.807, 2.05) is 0 Å². The topological polar surface area (TPSA) is 72.2 Å². The fourth-order valence-electron chi connectivity index (χ4n) is 0.890. The first-order valence-electron chi connectivity index (χ1n) is 3.57. The van der Waals surface area contributed by atoms with Gasteiger partial charge in [0.2, 0.25) is 0 Å². The SMILES string of the molecule is CSc1ncc(Br)c(=O)n1CC(=O)O. The molecule has 0 atom stereocenters. The summed E-state index contributed by atoms with van der Waals surface area (Å²) < 4.78 is 1.37. The van der Waals surface area contributed by atoms with Gasteiger partial charge in [0.25, 0.3) is 5.56 Å². The van der Waals surface area contributed by atoms with Gasteiger partial charge in [-0.2, -0.15) is 0 Å². The molecule has 0 saturated heterocycles. The van der Waals surface area contributed by atoms with Crippen LogP contribution in [0.3, 0.4) is 0 Å². The first-order valence-corrected chi connectivity index (χ1v) is 5.59. The molecule has 1 rings (SSSR count). The van der Waals surface area contributed by atoms with Crippen LogP contribution in [0.4, 0.5) is 0 Å². The molecule has 5 nitrogen and oxygen atoms in total. The van der Waals surface area contributed by atoms with Crippen molar-refractivity contribution < 1.29 is 9.90 Å². The monoisotopic (exact) mass is 278 g/mol.